The second-order valence-electron chi connectivity index (χ2n) is 9.84. The number of esters is 1. The molecule has 0 heterocycles. The van der Waals surface area contributed by atoms with E-state index in [0.717, 1.165) is 6.07 Å². The molecule has 0 atom stereocenters. The fraction of sp³-hybridized carbons (Fsp3) is 0.156. The summed E-state index contributed by atoms with van der Waals surface area (Å²) in [5.41, 5.74) is 2.84. The number of rotatable bonds is 13. The van der Waals surface area contributed by atoms with Crippen LogP contribution in [0.3, 0.4) is 0 Å². The number of hydrogen-bond donors (Lipinski definition) is 2. The maximum atomic E-state index is 13.1. The van der Waals surface area contributed by atoms with Crippen LogP contribution < -0.4 is 19.6 Å². The third kappa shape index (κ3) is 8.51. The van der Waals surface area contributed by atoms with Crippen molar-refractivity contribution in [3.8, 4) is 11.5 Å². The van der Waals surface area contributed by atoms with Gasteiger partial charge in [0.15, 0.2) is 11.5 Å². The number of nitrogens with one attached hydrogen (secondary N) is 2. The Labute approximate surface area is 288 Å². The van der Waals surface area contributed by atoms with Crippen molar-refractivity contribution in [2.45, 2.75) is 23.6 Å². The smallest absolute Gasteiger partial charge is 0.345 e. The first kappa shape index (κ1) is 36.4. The van der Waals surface area contributed by atoms with Crippen molar-refractivity contribution in [3.05, 3.63) is 112 Å². The number of hydrazone groups is 1. The summed E-state index contributed by atoms with van der Waals surface area (Å²) < 4.78 is 66.1. The maximum absolute atomic E-state index is 13.1. The van der Waals surface area contributed by atoms with Crippen molar-refractivity contribution in [3.63, 3.8) is 0 Å². The number of carbonyl (C=O) groups excluding carboxylic acids is 2. The molecule has 0 aliphatic carbocycles. The van der Waals surface area contributed by atoms with E-state index in [1.54, 1.807) is 26.0 Å². The number of ether oxygens (including phenoxy) is 2. The fourth-order valence-electron chi connectivity index (χ4n) is 4.32. The van der Waals surface area contributed by atoms with Gasteiger partial charge in [0.2, 0.25) is 10.0 Å². The van der Waals surface area contributed by atoms with Crippen LogP contribution in [0.4, 0.5) is 5.69 Å². The van der Waals surface area contributed by atoms with E-state index in [9.17, 15) is 26.4 Å². The predicted molar refractivity (Wildman–Crippen MR) is 183 cm³/mol. The molecule has 0 fully saturated rings. The van der Waals surface area contributed by atoms with Crippen molar-refractivity contribution >= 4 is 67.0 Å². The molecule has 0 aliphatic rings. The molecule has 2 N–H and O–H groups in total. The molecule has 48 heavy (non-hydrogen) atoms. The van der Waals surface area contributed by atoms with Gasteiger partial charge in [-0.15, -0.1) is 0 Å². The van der Waals surface area contributed by atoms with Gasteiger partial charge >= 0.3 is 5.97 Å². The summed E-state index contributed by atoms with van der Waals surface area (Å²) in [5.74, 6) is -1.44. The number of hydrogen-bond acceptors (Lipinski definition) is 9. The summed E-state index contributed by atoms with van der Waals surface area (Å²) in [6, 6.07) is 19.9. The van der Waals surface area contributed by atoms with Gasteiger partial charge in [-0.05, 0) is 72.3 Å². The zero-order valence-corrected chi connectivity index (χ0v) is 29.0. The van der Waals surface area contributed by atoms with E-state index in [1.165, 1.54) is 84.4 Å². The van der Waals surface area contributed by atoms with Gasteiger partial charge in [0, 0.05) is 18.7 Å². The van der Waals surface area contributed by atoms with E-state index >= 15 is 0 Å². The highest BCUT2D eigenvalue weighted by Crippen LogP contribution is 2.30. The molecule has 0 radical (unpaired) electrons. The summed E-state index contributed by atoms with van der Waals surface area (Å²) in [4.78, 5) is 25.5. The Morgan fingerprint density at radius 1 is 0.833 bits per heavy atom. The largest absolute Gasteiger partial charge is 0.493 e. The van der Waals surface area contributed by atoms with E-state index in [2.05, 4.69) is 15.2 Å². The van der Waals surface area contributed by atoms with Crippen molar-refractivity contribution < 1.29 is 35.9 Å². The summed E-state index contributed by atoms with van der Waals surface area (Å²) in [6.07, 6.45) is 1.30. The molecular weight excluding hydrogens is 703 g/mol. The van der Waals surface area contributed by atoms with Crippen LogP contribution in [0.5, 0.6) is 11.5 Å². The Bertz CT molecular complexity index is 2090. The van der Waals surface area contributed by atoms with Crippen LogP contribution in [0.1, 0.15) is 40.1 Å². The summed E-state index contributed by atoms with van der Waals surface area (Å²) in [6.45, 7) is 3.91. The number of benzene rings is 4. The second kappa shape index (κ2) is 15.6. The average Bonchev–Trinajstić information content (AvgIpc) is 3.06. The summed E-state index contributed by atoms with van der Waals surface area (Å²) >= 11 is 12.3. The van der Waals surface area contributed by atoms with Gasteiger partial charge in [-0.1, -0.05) is 55.2 Å². The molecule has 0 aromatic heterocycles. The molecule has 4 aromatic carbocycles. The van der Waals surface area contributed by atoms with E-state index < -0.39 is 31.9 Å². The lowest BCUT2D eigenvalue weighted by molar-refractivity contribution is 0.0729. The normalized spacial score (nSPS) is 11.8. The molecule has 0 aliphatic heterocycles. The fourth-order valence-corrected chi connectivity index (χ4v) is 7.36. The molecule has 0 saturated carbocycles. The minimum atomic E-state index is -4.05. The molecule has 1 amide bonds. The minimum absolute atomic E-state index is 0.00282. The van der Waals surface area contributed by atoms with Gasteiger partial charge in [0.1, 0.15) is 0 Å². The van der Waals surface area contributed by atoms with Gasteiger partial charge in [0.05, 0.1) is 44.4 Å². The number of methoxy groups -OCH3 is 1. The van der Waals surface area contributed by atoms with Crippen LogP contribution in [0.15, 0.2) is 99.8 Å². The number of nitrogens with zero attached hydrogens (tertiary/aromatic N) is 2. The Kier molecular flexibility index (Phi) is 11.8. The first-order valence-electron chi connectivity index (χ1n) is 14.2. The van der Waals surface area contributed by atoms with Crippen molar-refractivity contribution in [1.29, 1.82) is 0 Å². The SMILES string of the molecule is CCN(CC)S(=O)(=O)c1ccc(Cl)c(C(=O)Oc2ccc(/C=N\NC(=O)c3cccc(S(=O)(=O)Nc4ccccc4Cl)c3)cc2OC)c1. The van der Waals surface area contributed by atoms with Crippen molar-refractivity contribution in [2.24, 2.45) is 5.10 Å². The Morgan fingerprint density at radius 3 is 2.25 bits per heavy atom. The van der Waals surface area contributed by atoms with Crippen molar-refractivity contribution in [1.82, 2.24) is 9.73 Å². The standard InChI is InChI=1S/C32H30Cl2N4O8S2/c1-4-38(5-2)48(43,44)24-14-15-26(33)25(19-24)32(40)46-29-16-13-21(17-30(29)45-3)20-35-36-31(39)22-9-8-10-23(18-22)47(41,42)37-28-12-7-6-11-27(28)34/h6-20,37H,4-5H2,1-3H3,(H,36,39)/b35-20-. The number of carbonyl (C=O) groups is 2. The van der Waals surface area contributed by atoms with Gasteiger partial charge < -0.3 is 9.47 Å². The molecule has 16 heteroatoms. The lowest BCUT2D eigenvalue weighted by Crippen LogP contribution is -2.30. The number of anilines is 1. The second-order valence-corrected chi connectivity index (χ2v) is 14.3. The quantitative estimate of drug-likeness (QED) is 0.0753. The monoisotopic (exact) mass is 732 g/mol. The topological polar surface area (TPSA) is 161 Å². The van der Waals surface area contributed by atoms with Gasteiger partial charge in [-0.2, -0.15) is 9.41 Å². The molecule has 0 saturated heterocycles. The highest BCUT2D eigenvalue weighted by molar-refractivity contribution is 7.92. The minimum Gasteiger partial charge on any atom is -0.493 e. The maximum Gasteiger partial charge on any atom is 0.345 e. The molecule has 4 rings (SSSR count). The average molecular weight is 734 g/mol. The van der Waals surface area contributed by atoms with Crippen LogP contribution in [0, 0.1) is 0 Å². The van der Waals surface area contributed by atoms with Crippen LogP contribution in [0.25, 0.3) is 0 Å². The molecule has 0 spiro atoms. The third-order valence-electron chi connectivity index (χ3n) is 6.80. The van der Waals surface area contributed by atoms with Gasteiger partial charge in [-0.25, -0.2) is 27.1 Å². The predicted octanol–water partition coefficient (Wildman–Crippen LogP) is 5.82. The molecule has 0 bridgehead atoms. The number of para-hydroxylation sites is 1. The number of sulfonamides is 2. The number of halogens is 2. The van der Waals surface area contributed by atoms with Crippen LogP contribution in [-0.4, -0.2) is 59.4 Å². The van der Waals surface area contributed by atoms with E-state index in [4.69, 9.17) is 32.7 Å². The first-order chi connectivity index (χ1) is 22.8. The molecule has 0 unspecified atom stereocenters. The summed E-state index contributed by atoms with van der Waals surface area (Å²) in [5, 5.41) is 4.14. The molecular formula is C32H30Cl2N4O8S2. The lowest BCUT2D eigenvalue weighted by Gasteiger charge is -2.19. The van der Waals surface area contributed by atoms with Crippen LogP contribution in [0.2, 0.25) is 10.0 Å². The first-order valence-corrected chi connectivity index (χ1v) is 17.9. The Morgan fingerprint density at radius 2 is 1.56 bits per heavy atom. The highest BCUT2D eigenvalue weighted by atomic mass is 35.5. The molecule has 4 aromatic rings. The molecule has 12 nitrogen and oxygen atoms in total. The summed E-state index contributed by atoms with van der Waals surface area (Å²) in [7, 11) is -6.56. The number of amides is 1. The van der Waals surface area contributed by atoms with E-state index in [-0.39, 0.29) is 61.2 Å². The zero-order chi connectivity index (χ0) is 35.1. The Balaban J connectivity index is 1.45. The van der Waals surface area contributed by atoms with Crippen LogP contribution in [-0.2, 0) is 20.0 Å². The van der Waals surface area contributed by atoms with Crippen LogP contribution >= 0.6 is 23.2 Å². The van der Waals surface area contributed by atoms with Gasteiger partial charge in [0.25, 0.3) is 15.9 Å². The highest BCUT2D eigenvalue weighted by Gasteiger charge is 2.25. The molecule has 252 valence electrons. The third-order valence-corrected chi connectivity index (χ3v) is 10.9. The van der Waals surface area contributed by atoms with Crippen molar-refractivity contribution in [2.75, 3.05) is 24.9 Å². The lowest BCUT2D eigenvalue weighted by atomic mass is 10.2. The van der Waals surface area contributed by atoms with Gasteiger partial charge in [-0.3, -0.25) is 9.52 Å². The Hall–Kier alpha value is -4.47. The zero-order valence-electron chi connectivity index (χ0n) is 25.8. The van der Waals surface area contributed by atoms with E-state index in [1.807, 2.05) is 0 Å². The van der Waals surface area contributed by atoms with E-state index in [0.29, 0.717) is 5.56 Å².